The van der Waals surface area contributed by atoms with E-state index in [0.29, 0.717) is 5.02 Å². The van der Waals surface area contributed by atoms with Crippen LogP contribution >= 0.6 is 11.6 Å². The molecule has 0 bridgehead atoms. The third-order valence-corrected chi connectivity index (χ3v) is 5.87. The van der Waals surface area contributed by atoms with Crippen molar-refractivity contribution in [1.82, 2.24) is 9.38 Å². The minimum absolute atomic E-state index is 0.690. The number of hydrogen-bond acceptors (Lipinski definition) is 1. The summed E-state index contributed by atoms with van der Waals surface area (Å²) in [5.74, 6) is 0. The van der Waals surface area contributed by atoms with Crippen molar-refractivity contribution in [3.05, 3.63) is 108 Å². The van der Waals surface area contributed by atoms with Gasteiger partial charge in [0.1, 0.15) is 5.65 Å². The predicted molar refractivity (Wildman–Crippen MR) is 126 cm³/mol. The van der Waals surface area contributed by atoms with Gasteiger partial charge in [0.2, 0.25) is 0 Å². The highest BCUT2D eigenvalue weighted by Gasteiger charge is 2.21. The molecule has 0 saturated heterocycles. The summed E-state index contributed by atoms with van der Waals surface area (Å²) in [5, 5.41) is 3.03. The zero-order valence-electron chi connectivity index (χ0n) is 16.1. The zero-order chi connectivity index (χ0) is 20.1. The van der Waals surface area contributed by atoms with Crippen LogP contribution in [0.2, 0.25) is 5.02 Å². The van der Waals surface area contributed by atoms with Crippen molar-refractivity contribution in [1.29, 1.82) is 0 Å². The summed E-state index contributed by atoms with van der Waals surface area (Å²) >= 11 is 6.40. The van der Waals surface area contributed by atoms with E-state index in [4.69, 9.17) is 16.6 Å². The van der Waals surface area contributed by atoms with E-state index in [9.17, 15) is 0 Å². The number of imidazole rings is 1. The summed E-state index contributed by atoms with van der Waals surface area (Å²) in [5.41, 5.74) is 7.70. The van der Waals surface area contributed by atoms with Gasteiger partial charge in [0.05, 0.1) is 16.1 Å². The lowest BCUT2D eigenvalue weighted by Crippen LogP contribution is -1.93. The molecule has 3 heteroatoms. The molecule has 0 radical (unpaired) electrons. The smallest absolute Gasteiger partial charge is 0.138 e. The average molecular weight is 405 g/mol. The second kappa shape index (κ2) is 6.72. The van der Waals surface area contributed by atoms with Crippen LogP contribution in [-0.4, -0.2) is 9.38 Å². The molecule has 142 valence electrons. The summed E-state index contributed by atoms with van der Waals surface area (Å²) in [6, 6.07) is 33.6. The Morgan fingerprint density at radius 3 is 1.90 bits per heavy atom. The number of nitrogens with zero attached hydrogens (tertiary/aromatic N) is 2. The zero-order valence-corrected chi connectivity index (χ0v) is 16.8. The van der Waals surface area contributed by atoms with E-state index < -0.39 is 0 Å². The Balaban J connectivity index is 1.94. The molecule has 0 saturated carbocycles. The van der Waals surface area contributed by atoms with Gasteiger partial charge in [-0.25, -0.2) is 4.98 Å². The first-order valence-corrected chi connectivity index (χ1v) is 10.3. The average Bonchev–Trinajstić information content (AvgIpc) is 3.18. The molecule has 2 nitrogen and oxygen atoms in total. The van der Waals surface area contributed by atoms with Gasteiger partial charge in [-0.2, -0.15) is 0 Å². The van der Waals surface area contributed by atoms with Crippen molar-refractivity contribution in [2.45, 2.75) is 0 Å². The molecule has 0 fully saturated rings. The molecule has 0 atom stereocenters. The van der Waals surface area contributed by atoms with Crippen molar-refractivity contribution in [3.63, 3.8) is 0 Å². The van der Waals surface area contributed by atoms with Crippen LogP contribution in [0.15, 0.2) is 103 Å². The Hall–Kier alpha value is -3.62. The van der Waals surface area contributed by atoms with Crippen LogP contribution in [0.5, 0.6) is 0 Å². The molecule has 0 aliphatic rings. The number of pyridine rings is 1. The Bertz CT molecular complexity index is 1530. The van der Waals surface area contributed by atoms with Crippen molar-refractivity contribution < 1.29 is 0 Å². The predicted octanol–water partition coefficient (Wildman–Crippen LogP) is 7.63. The fourth-order valence-electron chi connectivity index (χ4n) is 4.40. The summed E-state index contributed by atoms with van der Waals surface area (Å²) in [6.07, 6.45) is 1.96. The maximum absolute atomic E-state index is 6.40. The topological polar surface area (TPSA) is 17.3 Å². The van der Waals surface area contributed by atoms with E-state index >= 15 is 0 Å². The van der Waals surface area contributed by atoms with Gasteiger partial charge in [-0.3, -0.25) is 4.40 Å². The second-order valence-corrected chi connectivity index (χ2v) is 7.85. The molecule has 2 heterocycles. The molecule has 0 aliphatic carbocycles. The molecule has 0 spiro atoms. The quantitative estimate of drug-likeness (QED) is 0.290. The van der Waals surface area contributed by atoms with Gasteiger partial charge in [-0.05, 0) is 34.2 Å². The second-order valence-electron chi connectivity index (χ2n) is 7.41. The molecule has 0 aliphatic heterocycles. The van der Waals surface area contributed by atoms with Gasteiger partial charge in [0.25, 0.3) is 0 Å². The molecule has 30 heavy (non-hydrogen) atoms. The van der Waals surface area contributed by atoms with Crippen LogP contribution in [0.4, 0.5) is 0 Å². The Labute approximate surface area is 179 Å². The summed E-state index contributed by atoms with van der Waals surface area (Å²) in [6.45, 7) is 0. The maximum atomic E-state index is 6.40. The molecule has 0 N–H and O–H groups in total. The lowest BCUT2D eigenvalue weighted by molar-refractivity contribution is 1.23. The molecular formula is C27H17ClN2. The van der Waals surface area contributed by atoms with Gasteiger partial charge in [0, 0.05) is 17.1 Å². The Morgan fingerprint density at radius 2 is 1.20 bits per heavy atom. The molecular weight excluding hydrogens is 388 g/mol. The van der Waals surface area contributed by atoms with E-state index in [2.05, 4.69) is 89.3 Å². The van der Waals surface area contributed by atoms with E-state index in [1.807, 2.05) is 18.3 Å². The fourth-order valence-corrected chi connectivity index (χ4v) is 4.56. The SMILES string of the molecule is Clc1ccc2nc3c4ccccc4c(-c4ccccc4)c(-c4ccccc4)c3n2c1. The monoisotopic (exact) mass is 404 g/mol. The van der Waals surface area contributed by atoms with Crippen molar-refractivity contribution >= 4 is 39.1 Å². The largest absolute Gasteiger partial charge is 0.297 e. The number of benzene rings is 4. The van der Waals surface area contributed by atoms with Gasteiger partial charge < -0.3 is 0 Å². The number of aromatic nitrogens is 2. The van der Waals surface area contributed by atoms with Gasteiger partial charge in [0.15, 0.2) is 0 Å². The standard InChI is InChI=1S/C27H17ClN2/c28-20-15-16-23-29-26-22-14-8-7-13-21(22)24(18-9-3-1-4-10-18)25(27(26)30(23)17-20)19-11-5-2-6-12-19/h1-17H. The number of halogens is 1. The van der Waals surface area contributed by atoms with Gasteiger partial charge in [-0.15, -0.1) is 0 Å². The molecule has 2 aromatic heterocycles. The molecule has 6 rings (SSSR count). The number of rotatable bonds is 2. The summed E-state index contributed by atoms with van der Waals surface area (Å²) in [7, 11) is 0. The van der Waals surface area contributed by atoms with Gasteiger partial charge in [-0.1, -0.05) is 96.5 Å². The lowest BCUT2D eigenvalue weighted by atomic mass is 9.88. The van der Waals surface area contributed by atoms with E-state index in [1.54, 1.807) is 0 Å². The minimum atomic E-state index is 0.690. The van der Waals surface area contributed by atoms with Crippen LogP contribution < -0.4 is 0 Å². The highest BCUT2D eigenvalue weighted by Crippen LogP contribution is 2.44. The first-order chi connectivity index (χ1) is 14.8. The van der Waals surface area contributed by atoms with Crippen molar-refractivity contribution in [3.8, 4) is 22.3 Å². The summed E-state index contributed by atoms with van der Waals surface area (Å²) < 4.78 is 2.12. The highest BCUT2D eigenvalue weighted by atomic mass is 35.5. The third kappa shape index (κ3) is 2.54. The lowest BCUT2D eigenvalue weighted by Gasteiger charge is -2.16. The van der Waals surface area contributed by atoms with Crippen LogP contribution in [-0.2, 0) is 0 Å². The van der Waals surface area contributed by atoms with Crippen LogP contribution in [0.25, 0.3) is 49.7 Å². The fraction of sp³-hybridized carbons (Fsp3) is 0. The van der Waals surface area contributed by atoms with E-state index in [1.165, 1.54) is 22.1 Å². The first kappa shape index (κ1) is 17.3. The molecule has 0 amide bonds. The molecule has 4 aromatic carbocycles. The number of hydrogen-bond donors (Lipinski definition) is 0. The number of fused-ring (bicyclic) bond motifs is 5. The van der Waals surface area contributed by atoms with Gasteiger partial charge >= 0.3 is 0 Å². The Kier molecular flexibility index (Phi) is 3.87. The third-order valence-electron chi connectivity index (χ3n) is 5.65. The first-order valence-electron chi connectivity index (χ1n) is 9.94. The van der Waals surface area contributed by atoms with E-state index in [0.717, 1.165) is 27.6 Å². The van der Waals surface area contributed by atoms with E-state index in [-0.39, 0.29) is 0 Å². The van der Waals surface area contributed by atoms with Crippen LogP contribution in [0.3, 0.4) is 0 Å². The normalized spacial score (nSPS) is 11.5. The van der Waals surface area contributed by atoms with Crippen molar-refractivity contribution in [2.75, 3.05) is 0 Å². The van der Waals surface area contributed by atoms with Crippen molar-refractivity contribution in [2.24, 2.45) is 0 Å². The molecule has 6 aromatic rings. The minimum Gasteiger partial charge on any atom is -0.297 e. The Morgan fingerprint density at radius 1 is 0.600 bits per heavy atom. The van der Waals surface area contributed by atoms with Crippen LogP contribution in [0, 0.1) is 0 Å². The maximum Gasteiger partial charge on any atom is 0.138 e. The summed E-state index contributed by atoms with van der Waals surface area (Å²) in [4.78, 5) is 5.01. The molecule has 0 unspecified atom stereocenters. The van der Waals surface area contributed by atoms with Crippen LogP contribution in [0.1, 0.15) is 0 Å². The highest BCUT2D eigenvalue weighted by molar-refractivity contribution is 6.30.